The standard InChI is InChI=1S/C17H23N3O3S/c1-15-11-18-20(12-15)14-16-13-19(7-9-23-16)8-10-24(21,22)17-5-3-2-4-6-17/h2-6,11-12,16H,7-10,13-14H2,1H3/t16-/m1/s1. The zero-order chi connectivity index (χ0) is 17.0. The van der Waals surface area contributed by atoms with Gasteiger partial charge in [0, 0.05) is 25.8 Å². The van der Waals surface area contributed by atoms with Crippen LogP contribution in [0.4, 0.5) is 0 Å². The molecule has 0 spiro atoms. The average Bonchev–Trinajstić information content (AvgIpc) is 2.99. The first-order valence-electron chi connectivity index (χ1n) is 8.14. The fraction of sp³-hybridized carbons (Fsp3) is 0.471. The number of nitrogens with zero attached hydrogens (tertiary/aromatic N) is 3. The highest BCUT2D eigenvalue weighted by molar-refractivity contribution is 7.91. The van der Waals surface area contributed by atoms with Crippen LogP contribution in [-0.2, 0) is 21.1 Å². The molecule has 1 aliphatic rings. The zero-order valence-corrected chi connectivity index (χ0v) is 14.7. The molecule has 1 aromatic heterocycles. The van der Waals surface area contributed by atoms with E-state index in [-0.39, 0.29) is 11.9 Å². The van der Waals surface area contributed by atoms with Crippen molar-refractivity contribution >= 4 is 9.84 Å². The molecule has 1 aliphatic heterocycles. The molecule has 2 heterocycles. The van der Waals surface area contributed by atoms with Gasteiger partial charge in [0.05, 0.1) is 36.1 Å². The van der Waals surface area contributed by atoms with Crippen LogP contribution in [-0.4, -0.2) is 61.2 Å². The molecule has 0 N–H and O–H groups in total. The van der Waals surface area contributed by atoms with Crippen molar-refractivity contribution in [1.82, 2.24) is 14.7 Å². The summed E-state index contributed by atoms with van der Waals surface area (Å²) >= 11 is 0. The van der Waals surface area contributed by atoms with Gasteiger partial charge in [0.1, 0.15) is 0 Å². The highest BCUT2D eigenvalue weighted by Gasteiger charge is 2.23. The molecule has 1 saturated heterocycles. The Morgan fingerprint density at radius 3 is 2.79 bits per heavy atom. The summed E-state index contributed by atoms with van der Waals surface area (Å²) in [5, 5.41) is 4.28. The van der Waals surface area contributed by atoms with Gasteiger partial charge in [-0.05, 0) is 24.6 Å². The molecular weight excluding hydrogens is 326 g/mol. The van der Waals surface area contributed by atoms with E-state index in [1.165, 1.54) is 0 Å². The number of ether oxygens (including phenoxy) is 1. The summed E-state index contributed by atoms with van der Waals surface area (Å²) in [5.41, 5.74) is 1.12. The molecule has 1 aromatic carbocycles. The van der Waals surface area contributed by atoms with E-state index in [4.69, 9.17) is 4.74 Å². The Balaban J connectivity index is 1.54. The third-order valence-electron chi connectivity index (χ3n) is 4.15. The van der Waals surface area contributed by atoms with Crippen LogP contribution in [0.2, 0.25) is 0 Å². The number of benzene rings is 1. The lowest BCUT2D eigenvalue weighted by Gasteiger charge is -2.32. The van der Waals surface area contributed by atoms with E-state index in [2.05, 4.69) is 10.00 Å². The van der Waals surface area contributed by atoms with Crippen molar-refractivity contribution in [1.29, 1.82) is 0 Å². The molecule has 6 nitrogen and oxygen atoms in total. The van der Waals surface area contributed by atoms with Gasteiger partial charge in [0.2, 0.25) is 0 Å². The maximum atomic E-state index is 12.4. The molecule has 7 heteroatoms. The summed E-state index contributed by atoms with van der Waals surface area (Å²) in [4.78, 5) is 2.55. The van der Waals surface area contributed by atoms with Gasteiger partial charge in [0.15, 0.2) is 9.84 Å². The number of aromatic nitrogens is 2. The van der Waals surface area contributed by atoms with Gasteiger partial charge in [-0.2, -0.15) is 5.10 Å². The Hall–Kier alpha value is -1.70. The van der Waals surface area contributed by atoms with Crippen LogP contribution in [0.15, 0.2) is 47.6 Å². The molecule has 1 fully saturated rings. The van der Waals surface area contributed by atoms with Crippen molar-refractivity contribution in [3.63, 3.8) is 0 Å². The van der Waals surface area contributed by atoms with Gasteiger partial charge in [-0.3, -0.25) is 9.58 Å². The minimum atomic E-state index is -3.23. The normalized spacial score (nSPS) is 19.5. The van der Waals surface area contributed by atoms with Crippen LogP contribution >= 0.6 is 0 Å². The summed E-state index contributed by atoms with van der Waals surface area (Å²) in [6.07, 6.45) is 3.85. The van der Waals surface area contributed by atoms with Crippen LogP contribution in [0.1, 0.15) is 5.56 Å². The van der Waals surface area contributed by atoms with E-state index in [9.17, 15) is 8.42 Å². The van der Waals surface area contributed by atoms with Crippen LogP contribution in [0.25, 0.3) is 0 Å². The maximum Gasteiger partial charge on any atom is 0.179 e. The summed E-state index contributed by atoms with van der Waals surface area (Å²) in [6.45, 7) is 5.33. The molecule has 3 rings (SSSR count). The van der Waals surface area contributed by atoms with Crippen molar-refractivity contribution in [3.8, 4) is 0 Å². The first-order chi connectivity index (χ1) is 11.5. The molecule has 2 aromatic rings. The fourth-order valence-electron chi connectivity index (χ4n) is 2.86. The van der Waals surface area contributed by atoms with Crippen molar-refractivity contribution in [2.45, 2.75) is 24.5 Å². The van der Waals surface area contributed by atoms with Gasteiger partial charge >= 0.3 is 0 Å². The lowest BCUT2D eigenvalue weighted by atomic mass is 10.2. The summed E-state index contributed by atoms with van der Waals surface area (Å²) < 4.78 is 32.4. The Labute approximate surface area is 143 Å². The second-order valence-corrected chi connectivity index (χ2v) is 8.27. The first kappa shape index (κ1) is 17.1. The monoisotopic (exact) mass is 349 g/mol. The van der Waals surface area contributed by atoms with Crippen LogP contribution in [0, 0.1) is 6.92 Å². The highest BCUT2D eigenvalue weighted by atomic mass is 32.2. The minimum Gasteiger partial charge on any atom is -0.374 e. The molecule has 0 radical (unpaired) electrons. The molecule has 0 bridgehead atoms. The van der Waals surface area contributed by atoms with Crippen LogP contribution in [0.3, 0.4) is 0 Å². The minimum absolute atomic E-state index is 0.0393. The predicted molar refractivity (Wildman–Crippen MR) is 91.6 cm³/mol. The van der Waals surface area contributed by atoms with Crippen molar-refractivity contribution in [3.05, 3.63) is 48.3 Å². The zero-order valence-electron chi connectivity index (χ0n) is 13.8. The molecule has 0 amide bonds. The lowest BCUT2D eigenvalue weighted by Crippen LogP contribution is -2.45. The van der Waals surface area contributed by atoms with Crippen LogP contribution < -0.4 is 0 Å². The van der Waals surface area contributed by atoms with E-state index < -0.39 is 9.84 Å². The van der Waals surface area contributed by atoms with Gasteiger partial charge in [0.25, 0.3) is 0 Å². The van der Waals surface area contributed by atoms with E-state index in [1.807, 2.05) is 30.1 Å². The van der Waals surface area contributed by atoms with Crippen molar-refractivity contribution in [2.24, 2.45) is 0 Å². The average molecular weight is 349 g/mol. The molecule has 0 unspecified atom stereocenters. The number of hydrogen-bond donors (Lipinski definition) is 0. The van der Waals surface area contributed by atoms with E-state index in [0.717, 1.165) is 18.7 Å². The van der Waals surface area contributed by atoms with Gasteiger partial charge in [-0.15, -0.1) is 0 Å². The molecule has 1 atom stereocenters. The Morgan fingerprint density at radius 2 is 2.08 bits per heavy atom. The SMILES string of the molecule is Cc1cnn(C[C@H]2CN(CCS(=O)(=O)c3ccccc3)CCO2)c1. The summed E-state index contributed by atoms with van der Waals surface area (Å²) in [7, 11) is -3.23. The van der Waals surface area contributed by atoms with E-state index in [1.54, 1.807) is 24.3 Å². The first-order valence-corrected chi connectivity index (χ1v) is 9.79. The molecular formula is C17H23N3O3S. The van der Waals surface area contributed by atoms with Gasteiger partial charge in [-0.25, -0.2) is 8.42 Å². The number of aryl methyl sites for hydroxylation is 1. The second-order valence-electron chi connectivity index (χ2n) is 6.17. The summed E-state index contributed by atoms with van der Waals surface area (Å²) in [5.74, 6) is 0.130. The number of rotatable bonds is 6. The lowest BCUT2D eigenvalue weighted by molar-refractivity contribution is -0.0355. The summed E-state index contributed by atoms with van der Waals surface area (Å²) in [6, 6.07) is 8.63. The van der Waals surface area contributed by atoms with E-state index >= 15 is 0 Å². The third kappa shape index (κ3) is 4.43. The largest absolute Gasteiger partial charge is 0.374 e. The molecule has 0 aliphatic carbocycles. The molecule has 130 valence electrons. The van der Waals surface area contributed by atoms with E-state index in [0.29, 0.717) is 24.6 Å². The predicted octanol–water partition coefficient (Wildman–Crippen LogP) is 1.37. The van der Waals surface area contributed by atoms with Crippen molar-refractivity contribution < 1.29 is 13.2 Å². The van der Waals surface area contributed by atoms with Crippen molar-refractivity contribution in [2.75, 3.05) is 32.0 Å². The highest BCUT2D eigenvalue weighted by Crippen LogP contribution is 2.12. The maximum absolute atomic E-state index is 12.4. The van der Waals surface area contributed by atoms with Crippen LogP contribution in [0.5, 0.6) is 0 Å². The topological polar surface area (TPSA) is 64.4 Å². The Bertz CT molecular complexity index is 758. The Kier molecular flexibility index (Phi) is 5.33. The number of hydrogen-bond acceptors (Lipinski definition) is 5. The fourth-order valence-corrected chi connectivity index (χ4v) is 4.17. The molecule has 0 saturated carbocycles. The van der Waals surface area contributed by atoms with Gasteiger partial charge in [-0.1, -0.05) is 18.2 Å². The number of sulfone groups is 1. The number of morpholine rings is 1. The smallest absolute Gasteiger partial charge is 0.179 e. The molecule has 24 heavy (non-hydrogen) atoms. The quantitative estimate of drug-likeness (QED) is 0.788. The van der Waals surface area contributed by atoms with Gasteiger partial charge < -0.3 is 4.74 Å². The Morgan fingerprint density at radius 1 is 1.29 bits per heavy atom. The third-order valence-corrected chi connectivity index (χ3v) is 5.86. The second kappa shape index (κ2) is 7.46.